The van der Waals surface area contributed by atoms with Crippen LogP contribution in [0.4, 0.5) is 0 Å². The molecular weight excluding hydrogens is 683 g/mol. The summed E-state index contributed by atoms with van der Waals surface area (Å²) in [6, 6.07) is 70.5. The van der Waals surface area contributed by atoms with E-state index in [-0.39, 0.29) is 0 Å². The van der Waals surface area contributed by atoms with Crippen molar-refractivity contribution in [2.45, 2.75) is 5.41 Å². The number of rotatable bonds is 6. The third kappa shape index (κ3) is 4.96. The van der Waals surface area contributed by atoms with E-state index in [9.17, 15) is 0 Å². The Morgan fingerprint density at radius 2 is 0.857 bits per heavy atom. The van der Waals surface area contributed by atoms with Crippen LogP contribution < -0.4 is 0 Å². The lowest BCUT2D eigenvalue weighted by molar-refractivity contribution is 0.669. The molecule has 0 amide bonds. The van der Waals surface area contributed by atoms with Crippen LogP contribution in [0.3, 0.4) is 0 Å². The van der Waals surface area contributed by atoms with Crippen LogP contribution in [0.25, 0.3) is 78.4 Å². The molecule has 1 aliphatic rings. The smallest absolute Gasteiger partial charge is 0.164 e. The van der Waals surface area contributed by atoms with Crippen molar-refractivity contribution in [1.29, 1.82) is 0 Å². The van der Waals surface area contributed by atoms with Gasteiger partial charge in [0.15, 0.2) is 17.5 Å². The van der Waals surface area contributed by atoms with Crippen LogP contribution in [0, 0.1) is 0 Å². The molecule has 0 bridgehead atoms. The van der Waals surface area contributed by atoms with Gasteiger partial charge >= 0.3 is 0 Å². The Hall–Kier alpha value is -7.43. The van der Waals surface area contributed by atoms with Crippen molar-refractivity contribution in [3.63, 3.8) is 0 Å². The highest BCUT2D eigenvalue weighted by molar-refractivity contribution is 6.06. The van der Waals surface area contributed by atoms with E-state index in [4.69, 9.17) is 19.4 Å². The van der Waals surface area contributed by atoms with Crippen molar-refractivity contribution in [2.24, 2.45) is 0 Å². The second kappa shape index (κ2) is 12.9. The molecular formula is C52H33N3O. The zero-order valence-electron chi connectivity index (χ0n) is 30.3. The molecule has 56 heavy (non-hydrogen) atoms. The van der Waals surface area contributed by atoms with Crippen LogP contribution in [-0.2, 0) is 5.41 Å². The maximum atomic E-state index is 6.47. The summed E-state index contributed by atoms with van der Waals surface area (Å²) in [7, 11) is 0. The Morgan fingerprint density at radius 1 is 0.321 bits per heavy atom. The largest absolute Gasteiger partial charge is 0.456 e. The Morgan fingerprint density at radius 3 is 1.52 bits per heavy atom. The number of fused-ring (bicyclic) bond motifs is 6. The molecule has 0 N–H and O–H groups in total. The standard InChI is InChI=1S/C52H33N3O/c1-5-17-34(18-6-1)49-53-50(35-19-7-2-8-20-35)55-51(54-49)44-33-46-43(32-42(44)36-29-30-41-40-26-14-16-28-47(40)56-48(41)31-36)39-25-13-15-27-45(39)52(46,37-21-9-3-10-22-37)38-23-11-4-12-24-38/h1-33H. The first-order chi connectivity index (χ1) is 27.8. The maximum Gasteiger partial charge on any atom is 0.164 e. The molecule has 0 saturated heterocycles. The second-order valence-electron chi connectivity index (χ2n) is 14.3. The molecule has 0 aliphatic heterocycles. The molecule has 4 heteroatoms. The van der Waals surface area contributed by atoms with Gasteiger partial charge in [0.05, 0.1) is 5.41 Å². The average molecular weight is 716 g/mol. The van der Waals surface area contributed by atoms with E-state index in [1.807, 2.05) is 48.5 Å². The van der Waals surface area contributed by atoms with Crippen LogP contribution in [0.5, 0.6) is 0 Å². The topological polar surface area (TPSA) is 51.8 Å². The minimum absolute atomic E-state index is 0.595. The van der Waals surface area contributed by atoms with E-state index >= 15 is 0 Å². The van der Waals surface area contributed by atoms with Gasteiger partial charge in [-0.05, 0) is 74.8 Å². The van der Waals surface area contributed by atoms with E-state index < -0.39 is 5.41 Å². The van der Waals surface area contributed by atoms with Crippen molar-refractivity contribution >= 4 is 21.9 Å². The molecule has 0 spiro atoms. The van der Waals surface area contributed by atoms with E-state index in [0.717, 1.165) is 49.8 Å². The highest BCUT2D eigenvalue weighted by Gasteiger charge is 2.46. The Bertz CT molecular complexity index is 2970. The third-order valence-corrected chi connectivity index (χ3v) is 11.2. The van der Waals surface area contributed by atoms with Crippen molar-refractivity contribution in [3.8, 4) is 56.4 Å². The molecule has 262 valence electrons. The lowest BCUT2D eigenvalue weighted by Gasteiger charge is -2.34. The van der Waals surface area contributed by atoms with Gasteiger partial charge in [0, 0.05) is 27.5 Å². The van der Waals surface area contributed by atoms with E-state index in [1.165, 1.54) is 33.4 Å². The van der Waals surface area contributed by atoms with Gasteiger partial charge in [-0.25, -0.2) is 15.0 Å². The molecule has 8 aromatic carbocycles. The van der Waals surface area contributed by atoms with Gasteiger partial charge in [0.25, 0.3) is 0 Å². The Labute approximate surface area is 324 Å². The summed E-state index contributed by atoms with van der Waals surface area (Å²) in [6.07, 6.45) is 0. The van der Waals surface area contributed by atoms with Crippen molar-refractivity contribution in [2.75, 3.05) is 0 Å². The predicted molar refractivity (Wildman–Crippen MR) is 226 cm³/mol. The van der Waals surface area contributed by atoms with Gasteiger partial charge in [-0.1, -0.05) is 170 Å². The lowest BCUT2D eigenvalue weighted by atomic mass is 9.67. The number of hydrogen-bond acceptors (Lipinski definition) is 4. The normalized spacial score (nSPS) is 12.8. The number of para-hydroxylation sites is 1. The second-order valence-corrected chi connectivity index (χ2v) is 14.3. The molecule has 4 nitrogen and oxygen atoms in total. The highest BCUT2D eigenvalue weighted by Crippen LogP contribution is 2.58. The quantitative estimate of drug-likeness (QED) is 0.172. The summed E-state index contributed by atoms with van der Waals surface area (Å²) >= 11 is 0. The number of benzene rings is 8. The molecule has 0 atom stereocenters. The Kier molecular flexibility index (Phi) is 7.36. The molecule has 0 saturated carbocycles. The van der Waals surface area contributed by atoms with Crippen LogP contribution in [0.2, 0.25) is 0 Å². The third-order valence-electron chi connectivity index (χ3n) is 11.2. The predicted octanol–water partition coefficient (Wildman–Crippen LogP) is 12.8. The zero-order valence-corrected chi connectivity index (χ0v) is 30.3. The van der Waals surface area contributed by atoms with E-state index in [0.29, 0.717) is 17.5 Å². The Balaban J connectivity index is 1.26. The molecule has 0 fully saturated rings. The number of furan rings is 1. The van der Waals surface area contributed by atoms with E-state index in [1.54, 1.807) is 0 Å². The first kappa shape index (κ1) is 32.0. The van der Waals surface area contributed by atoms with Crippen molar-refractivity contribution in [3.05, 3.63) is 222 Å². The molecule has 2 heterocycles. The minimum atomic E-state index is -0.595. The van der Waals surface area contributed by atoms with Crippen LogP contribution in [0.1, 0.15) is 22.3 Å². The number of aromatic nitrogens is 3. The molecule has 10 aromatic rings. The first-order valence-electron chi connectivity index (χ1n) is 18.9. The van der Waals surface area contributed by atoms with Gasteiger partial charge in [0.2, 0.25) is 0 Å². The first-order valence-corrected chi connectivity index (χ1v) is 18.9. The monoisotopic (exact) mass is 715 g/mol. The molecule has 0 radical (unpaired) electrons. The summed E-state index contributed by atoms with van der Waals surface area (Å²) in [4.78, 5) is 15.7. The zero-order chi connectivity index (χ0) is 37.1. The number of hydrogen-bond donors (Lipinski definition) is 0. The van der Waals surface area contributed by atoms with Crippen LogP contribution >= 0.6 is 0 Å². The van der Waals surface area contributed by atoms with Crippen molar-refractivity contribution < 1.29 is 4.42 Å². The molecule has 1 aliphatic carbocycles. The van der Waals surface area contributed by atoms with Gasteiger partial charge < -0.3 is 4.42 Å². The molecule has 0 unspecified atom stereocenters. The van der Waals surface area contributed by atoms with Gasteiger partial charge in [0.1, 0.15) is 11.2 Å². The fourth-order valence-electron chi connectivity index (χ4n) is 8.73. The number of nitrogens with zero attached hydrogens (tertiary/aromatic N) is 3. The van der Waals surface area contributed by atoms with Gasteiger partial charge in [-0.2, -0.15) is 0 Å². The summed E-state index contributed by atoms with van der Waals surface area (Å²) in [5.41, 5.74) is 13.1. The molecule has 2 aromatic heterocycles. The fourth-order valence-corrected chi connectivity index (χ4v) is 8.73. The SMILES string of the molecule is c1ccc(-c2nc(-c3ccccc3)nc(-c3cc4c(cc3-c3ccc5c(c3)oc3ccccc35)-c3ccccc3C4(c3ccccc3)c3ccccc3)n2)cc1. The van der Waals surface area contributed by atoms with Gasteiger partial charge in [-0.3, -0.25) is 0 Å². The van der Waals surface area contributed by atoms with Gasteiger partial charge in [-0.15, -0.1) is 0 Å². The van der Waals surface area contributed by atoms with Crippen LogP contribution in [-0.4, -0.2) is 15.0 Å². The van der Waals surface area contributed by atoms with Crippen molar-refractivity contribution in [1.82, 2.24) is 15.0 Å². The summed E-state index contributed by atoms with van der Waals surface area (Å²) < 4.78 is 6.47. The fraction of sp³-hybridized carbons (Fsp3) is 0.0192. The summed E-state index contributed by atoms with van der Waals surface area (Å²) in [5, 5.41) is 2.19. The minimum Gasteiger partial charge on any atom is -0.456 e. The lowest BCUT2D eigenvalue weighted by Crippen LogP contribution is -2.28. The van der Waals surface area contributed by atoms with E-state index in [2.05, 4.69) is 152 Å². The average Bonchev–Trinajstić information content (AvgIpc) is 3.80. The molecule has 11 rings (SSSR count). The summed E-state index contributed by atoms with van der Waals surface area (Å²) in [5.74, 6) is 1.84. The maximum absolute atomic E-state index is 6.47. The highest BCUT2D eigenvalue weighted by atomic mass is 16.3. The summed E-state index contributed by atoms with van der Waals surface area (Å²) in [6.45, 7) is 0. The van der Waals surface area contributed by atoms with Crippen LogP contribution in [0.15, 0.2) is 205 Å².